The van der Waals surface area contributed by atoms with Gasteiger partial charge in [0, 0.05) is 0 Å². The van der Waals surface area contributed by atoms with Crippen LogP contribution in [-0.4, -0.2) is 0 Å². The quantitative estimate of drug-likeness (QED) is 0.717. The molecule has 0 unspecified atom stereocenters. The third-order valence-corrected chi connectivity index (χ3v) is 5.71. The third-order valence-electron chi connectivity index (χ3n) is 5.71. The molecule has 0 fully saturated rings. The zero-order chi connectivity index (χ0) is 18.4. The first-order valence-corrected chi connectivity index (χ1v) is 9.23. The Balaban J connectivity index is 1.75. The van der Waals surface area contributed by atoms with Crippen LogP contribution in [0.3, 0.4) is 0 Å². The van der Waals surface area contributed by atoms with Crippen LogP contribution in [0.5, 0.6) is 0 Å². The molecule has 3 aromatic rings. The van der Waals surface area contributed by atoms with E-state index in [0.29, 0.717) is 11.3 Å². The lowest BCUT2D eigenvalue weighted by Gasteiger charge is -2.28. The molecule has 132 valence electrons. The molecule has 3 heteroatoms. The Morgan fingerprint density at radius 3 is 2.46 bits per heavy atom. The maximum absolute atomic E-state index is 12.4. The van der Waals surface area contributed by atoms with Crippen LogP contribution in [-0.2, 0) is 6.42 Å². The lowest BCUT2D eigenvalue weighted by Crippen LogP contribution is -2.37. The van der Waals surface area contributed by atoms with Crippen LogP contribution in [0, 0.1) is 20.8 Å². The van der Waals surface area contributed by atoms with Gasteiger partial charge < -0.3 is 5.32 Å². The maximum atomic E-state index is 12.4. The summed E-state index contributed by atoms with van der Waals surface area (Å²) < 4.78 is 0. The molecule has 0 amide bonds. The molecule has 1 aliphatic carbocycles. The highest BCUT2D eigenvalue weighted by molar-refractivity contribution is 5.84. The van der Waals surface area contributed by atoms with E-state index in [2.05, 4.69) is 36.5 Å². The monoisotopic (exact) mass is 345 g/mol. The van der Waals surface area contributed by atoms with Crippen LogP contribution >= 0.6 is 0 Å². The molecule has 4 rings (SSSR count). The Hall–Kier alpha value is -2.68. The summed E-state index contributed by atoms with van der Waals surface area (Å²) in [5.41, 5.74) is 7.10. The topological polar surface area (TPSA) is 46.2 Å². The SMILES string of the molecule is Cc1cc(C)c(-c2c(N[C@H]3CCCc4ccccc43)c(=O)c2=O)cc1C. The molecule has 1 N–H and O–H groups in total. The summed E-state index contributed by atoms with van der Waals surface area (Å²) in [6.07, 6.45) is 3.13. The fraction of sp³-hybridized carbons (Fsp3) is 0.304. The van der Waals surface area contributed by atoms with Gasteiger partial charge in [0.1, 0.15) is 0 Å². The molecule has 0 saturated carbocycles. The molecular formula is C23H23NO2. The van der Waals surface area contributed by atoms with Gasteiger partial charge in [-0.05, 0) is 73.4 Å². The van der Waals surface area contributed by atoms with Crippen molar-refractivity contribution in [3.63, 3.8) is 0 Å². The average molecular weight is 345 g/mol. The standard InChI is InChI=1S/C23H23NO2/c1-13-11-15(3)18(12-14(13)2)20-21(23(26)22(20)25)24-19-10-6-8-16-7-4-5-9-17(16)19/h4-5,7,9,11-12,19,24H,6,8,10H2,1-3H3/t19-/m0/s1. The fourth-order valence-electron chi connectivity index (χ4n) is 4.09. The summed E-state index contributed by atoms with van der Waals surface area (Å²) in [4.78, 5) is 24.7. The largest absolute Gasteiger partial charge is 0.374 e. The zero-order valence-corrected chi connectivity index (χ0v) is 15.5. The van der Waals surface area contributed by atoms with Gasteiger partial charge in [0.15, 0.2) is 0 Å². The molecule has 1 atom stereocenters. The summed E-state index contributed by atoms with van der Waals surface area (Å²) >= 11 is 0. The predicted molar refractivity (Wildman–Crippen MR) is 107 cm³/mol. The van der Waals surface area contributed by atoms with E-state index in [1.54, 1.807) is 0 Å². The molecule has 0 aliphatic heterocycles. The van der Waals surface area contributed by atoms with Gasteiger partial charge in [-0.2, -0.15) is 0 Å². The zero-order valence-electron chi connectivity index (χ0n) is 15.5. The van der Waals surface area contributed by atoms with Crippen molar-refractivity contribution in [2.75, 3.05) is 5.32 Å². The number of hydrogen-bond acceptors (Lipinski definition) is 3. The second-order valence-electron chi connectivity index (χ2n) is 7.45. The molecule has 1 aliphatic rings. The first-order chi connectivity index (χ1) is 12.5. The Morgan fingerprint density at radius 1 is 0.923 bits per heavy atom. The lowest BCUT2D eigenvalue weighted by molar-refractivity contribution is 0.599. The molecule has 26 heavy (non-hydrogen) atoms. The molecule has 3 aromatic carbocycles. The Bertz CT molecular complexity index is 1070. The van der Waals surface area contributed by atoms with Crippen LogP contribution < -0.4 is 16.2 Å². The van der Waals surface area contributed by atoms with Crippen molar-refractivity contribution < 1.29 is 0 Å². The minimum atomic E-state index is -0.388. The number of nitrogens with one attached hydrogen (secondary N) is 1. The van der Waals surface area contributed by atoms with Gasteiger partial charge in [-0.1, -0.05) is 36.4 Å². The van der Waals surface area contributed by atoms with Gasteiger partial charge in [-0.3, -0.25) is 9.59 Å². The van der Waals surface area contributed by atoms with E-state index in [0.717, 1.165) is 36.0 Å². The first-order valence-electron chi connectivity index (χ1n) is 9.23. The van der Waals surface area contributed by atoms with Crippen molar-refractivity contribution in [2.24, 2.45) is 0 Å². The number of benzene rings is 2. The van der Waals surface area contributed by atoms with E-state index < -0.39 is 0 Å². The third kappa shape index (κ3) is 2.59. The van der Waals surface area contributed by atoms with Crippen molar-refractivity contribution >= 4 is 5.69 Å². The smallest absolute Gasteiger partial charge is 0.250 e. The normalized spacial score (nSPS) is 16.5. The molecule has 0 saturated heterocycles. The van der Waals surface area contributed by atoms with Gasteiger partial charge in [0.25, 0.3) is 0 Å². The fourth-order valence-corrected chi connectivity index (χ4v) is 4.09. The van der Waals surface area contributed by atoms with Crippen LogP contribution in [0.2, 0.25) is 0 Å². The average Bonchev–Trinajstić information content (AvgIpc) is 2.65. The number of hydrogen-bond donors (Lipinski definition) is 1. The van der Waals surface area contributed by atoms with Gasteiger partial charge in [-0.15, -0.1) is 0 Å². The molecule has 0 heterocycles. The first kappa shape index (κ1) is 16.8. The van der Waals surface area contributed by atoms with E-state index in [-0.39, 0.29) is 16.9 Å². The summed E-state index contributed by atoms with van der Waals surface area (Å²) in [5, 5.41) is 3.41. The minimum absolute atomic E-state index is 0.0915. The Labute approximate surface area is 153 Å². The Kier molecular flexibility index (Phi) is 4.03. The van der Waals surface area contributed by atoms with Crippen LogP contribution in [0.15, 0.2) is 46.0 Å². The second kappa shape index (κ2) is 6.24. The van der Waals surface area contributed by atoms with E-state index in [9.17, 15) is 9.59 Å². The van der Waals surface area contributed by atoms with Gasteiger partial charge >= 0.3 is 0 Å². The Morgan fingerprint density at radius 2 is 1.65 bits per heavy atom. The summed E-state index contributed by atoms with van der Waals surface area (Å²) in [5.74, 6) is 0. The number of aryl methyl sites for hydroxylation is 4. The van der Waals surface area contributed by atoms with Gasteiger partial charge in [0.2, 0.25) is 10.9 Å². The summed E-state index contributed by atoms with van der Waals surface area (Å²) in [6.45, 7) is 6.10. The molecule has 0 bridgehead atoms. The molecule has 0 radical (unpaired) electrons. The molecular weight excluding hydrogens is 322 g/mol. The highest BCUT2D eigenvalue weighted by Gasteiger charge is 2.28. The van der Waals surface area contributed by atoms with Crippen LogP contribution in [0.25, 0.3) is 11.1 Å². The van der Waals surface area contributed by atoms with Crippen molar-refractivity contribution in [2.45, 2.75) is 46.1 Å². The number of rotatable bonds is 3. The van der Waals surface area contributed by atoms with Gasteiger partial charge in [0.05, 0.1) is 17.3 Å². The van der Waals surface area contributed by atoms with E-state index in [1.165, 1.54) is 16.7 Å². The number of fused-ring (bicyclic) bond motifs is 1. The van der Waals surface area contributed by atoms with Crippen molar-refractivity contribution in [1.29, 1.82) is 0 Å². The minimum Gasteiger partial charge on any atom is -0.374 e. The second-order valence-corrected chi connectivity index (χ2v) is 7.45. The van der Waals surface area contributed by atoms with E-state index in [1.807, 2.05) is 26.0 Å². The molecule has 3 nitrogen and oxygen atoms in total. The summed E-state index contributed by atoms with van der Waals surface area (Å²) in [7, 11) is 0. The number of anilines is 1. The predicted octanol–water partition coefficient (Wildman–Crippen LogP) is 4.36. The lowest BCUT2D eigenvalue weighted by atomic mass is 9.86. The van der Waals surface area contributed by atoms with Crippen LogP contribution in [0.1, 0.15) is 46.7 Å². The van der Waals surface area contributed by atoms with Crippen molar-refractivity contribution in [3.05, 3.63) is 84.7 Å². The highest BCUT2D eigenvalue weighted by Crippen LogP contribution is 2.35. The summed E-state index contributed by atoms with van der Waals surface area (Å²) in [6, 6.07) is 12.6. The van der Waals surface area contributed by atoms with Crippen LogP contribution in [0.4, 0.5) is 5.69 Å². The van der Waals surface area contributed by atoms with Gasteiger partial charge in [-0.25, -0.2) is 0 Å². The van der Waals surface area contributed by atoms with Crippen molar-refractivity contribution in [1.82, 2.24) is 0 Å². The van der Waals surface area contributed by atoms with Crippen molar-refractivity contribution in [3.8, 4) is 11.1 Å². The molecule has 0 spiro atoms. The van der Waals surface area contributed by atoms with E-state index >= 15 is 0 Å². The van der Waals surface area contributed by atoms with E-state index in [4.69, 9.17) is 0 Å². The maximum Gasteiger partial charge on any atom is 0.250 e. The molecule has 0 aromatic heterocycles. The highest BCUT2D eigenvalue weighted by atomic mass is 16.2.